The molecule has 1 atom stereocenters. The summed E-state index contributed by atoms with van der Waals surface area (Å²) < 4.78 is 3.72. The van der Waals surface area contributed by atoms with Crippen LogP contribution in [0.4, 0.5) is 0 Å². The lowest BCUT2D eigenvalue weighted by molar-refractivity contribution is 0.0928. The Kier molecular flexibility index (Phi) is 4.56. The van der Waals surface area contributed by atoms with Gasteiger partial charge in [-0.15, -0.1) is 21.5 Å². The molecule has 0 fully saturated rings. The third-order valence-electron chi connectivity index (χ3n) is 4.51. The number of thiophene rings is 1. The average Bonchev–Trinajstić information content (AvgIpc) is 3.32. The Labute approximate surface area is 155 Å². The van der Waals surface area contributed by atoms with Crippen LogP contribution in [0.3, 0.4) is 0 Å². The first-order valence-corrected chi connectivity index (χ1v) is 9.53. The molecule has 4 heterocycles. The van der Waals surface area contributed by atoms with Gasteiger partial charge in [0.2, 0.25) is 0 Å². The Morgan fingerprint density at radius 3 is 3.08 bits per heavy atom. The smallest absolute Gasteiger partial charge is 0.270 e. The van der Waals surface area contributed by atoms with Gasteiger partial charge in [0.1, 0.15) is 17.2 Å². The number of nitrogens with zero attached hydrogens (tertiary/aromatic N) is 5. The summed E-state index contributed by atoms with van der Waals surface area (Å²) in [5.74, 6) is 1.59. The molecular formula is C17H21N7OS. The minimum absolute atomic E-state index is 0.167. The van der Waals surface area contributed by atoms with E-state index in [4.69, 9.17) is 0 Å². The number of carbonyl (C=O) groups excluding carboxylic acids is 1. The number of amides is 1. The van der Waals surface area contributed by atoms with Crippen LogP contribution in [0.2, 0.25) is 0 Å². The molecule has 0 radical (unpaired) electrons. The third-order valence-corrected chi connectivity index (χ3v) is 5.41. The first-order valence-electron chi connectivity index (χ1n) is 8.65. The van der Waals surface area contributed by atoms with Crippen molar-refractivity contribution < 1.29 is 4.79 Å². The fourth-order valence-electron chi connectivity index (χ4n) is 3.17. The van der Waals surface area contributed by atoms with Gasteiger partial charge >= 0.3 is 0 Å². The van der Waals surface area contributed by atoms with Crippen LogP contribution in [0.25, 0.3) is 10.6 Å². The van der Waals surface area contributed by atoms with E-state index in [-0.39, 0.29) is 11.9 Å². The summed E-state index contributed by atoms with van der Waals surface area (Å²) in [6.07, 6.45) is 0.847. The van der Waals surface area contributed by atoms with Crippen molar-refractivity contribution in [3.63, 3.8) is 0 Å². The number of aryl methyl sites for hydroxylation is 1. The van der Waals surface area contributed by atoms with Gasteiger partial charge in [-0.3, -0.25) is 9.48 Å². The molecule has 0 saturated heterocycles. The molecule has 4 rings (SSSR count). The molecule has 2 N–H and O–H groups in total. The normalized spacial score (nSPS) is 15.3. The topological polar surface area (TPSA) is 89.7 Å². The van der Waals surface area contributed by atoms with Gasteiger partial charge in [-0.2, -0.15) is 5.10 Å². The first kappa shape index (κ1) is 16.9. The monoisotopic (exact) mass is 371 g/mol. The van der Waals surface area contributed by atoms with E-state index in [1.807, 2.05) is 30.5 Å². The standard InChI is InChI=1S/C17H21N7OS/c1-11(16-21-20-15-5-6-18-7-8-24(15)16)19-17(25)13-10-12(22-23(13)2)14-4-3-9-26-14/h3-4,9-11,18H,5-8H2,1-2H3,(H,19,25). The number of nitrogens with one attached hydrogen (secondary N) is 2. The summed E-state index contributed by atoms with van der Waals surface area (Å²) in [6, 6.07) is 5.56. The number of carbonyl (C=O) groups is 1. The highest BCUT2D eigenvalue weighted by molar-refractivity contribution is 7.13. The van der Waals surface area contributed by atoms with E-state index in [1.165, 1.54) is 0 Å². The minimum Gasteiger partial charge on any atom is -0.341 e. The van der Waals surface area contributed by atoms with Crippen molar-refractivity contribution in [3.05, 3.63) is 40.9 Å². The molecule has 0 spiro atoms. The van der Waals surface area contributed by atoms with Crippen molar-refractivity contribution >= 4 is 17.2 Å². The van der Waals surface area contributed by atoms with Crippen LogP contribution in [0, 0.1) is 0 Å². The first-order chi connectivity index (χ1) is 12.6. The molecule has 8 nitrogen and oxygen atoms in total. The van der Waals surface area contributed by atoms with Crippen LogP contribution in [0.15, 0.2) is 23.6 Å². The minimum atomic E-state index is -0.234. The van der Waals surface area contributed by atoms with E-state index in [2.05, 4.69) is 30.5 Å². The van der Waals surface area contributed by atoms with Gasteiger partial charge in [0.25, 0.3) is 5.91 Å². The van der Waals surface area contributed by atoms with E-state index < -0.39 is 0 Å². The second-order valence-corrected chi connectivity index (χ2v) is 7.28. The van der Waals surface area contributed by atoms with Crippen molar-refractivity contribution in [1.29, 1.82) is 0 Å². The van der Waals surface area contributed by atoms with Crippen molar-refractivity contribution in [2.45, 2.75) is 25.9 Å². The lowest BCUT2D eigenvalue weighted by Crippen LogP contribution is -2.30. The lowest BCUT2D eigenvalue weighted by Gasteiger charge is -2.15. The van der Waals surface area contributed by atoms with Crippen LogP contribution in [0.5, 0.6) is 0 Å². The molecule has 0 bridgehead atoms. The molecule has 1 aliphatic heterocycles. The maximum atomic E-state index is 12.8. The Bertz CT molecular complexity index is 912. The third kappa shape index (κ3) is 3.15. The molecule has 0 saturated carbocycles. The molecule has 0 aromatic carbocycles. The molecule has 1 aliphatic rings. The zero-order valence-electron chi connectivity index (χ0n) is 14.8. The highest BCUT2D eigenvalue weighted by Crippen LogP contribution is 2.24. The Morgan fingerprint density at radius 1 is 1.38 bits per heavy atom. The quantitative estimate of drug-likeness (QED) is 0.723. The van der Waals surface area contributed by atoms with Gasteiger partial charge in [0.05, 0.1) is 10.9 Å². The largest absolute Gasteiger partial charge is 0.341 e. The number of hydrogen-bond donors (Lipinski definition) is 2. The van der Waals surface area contributed by atoms with Crippen LogP contribution in [-0.4, -0.2) is 43.5 Å². The van der Waals surface area contributed by atoms with E-state index in [1.54, 1.807) is 23.1 Å². The summed E-state index contributed by atoms with van der Waals surface area (Å²) in [5.41, 5.74) is 1.33. The summed E-state index contributed by atoms with van der Waals surface area (Å²) in [4.78, 5) is 13.8. The highest BCUT2D eigenvalue weighted by Gasteiger charge is 2.22. The van der Waals surface area contributed by atoms with Crippen LogP contribution in [0.1, 0.15) is 35.1 Å². The highest BCUT2D eigenvalue weighted by atomic mass is 32.1. The van der Waals surface area contributed by atoms with Gasteiger partial charge in [0.15, 0.2) is 5.82 Å². The zero-order chi connectivity index (χ0) is 18.1. The Balaban J connectivity index is 1.53. The molecule has 3 aromatic heterocycles. The fraction of sp³-hybridized carbons (Fsp3) is 0.412. The van der Waals surface area contributed by atoms with Crippen LogP contribution < -0.4 is 10.6 Å². The maximum Gasteiger partial charge on any atom is 0.270 e. The van der Waals surface area contributed by atoms with Crippen molar-refractivity contribution in [2.24, 2.45) is 7.05 Å². The lowest BCUT2D eigenvalue weighted by atomic mass is 10.2. The number of hydrogen-bond acceptors (Lipinski definition) is 6. The number of aromatic nitrogens is 5. The van der Waals surface area contributed by atoms with E-state index >= 15 is 0 Å². The van der Waals surface area contributed by atoms with Gasteiger partial charge < -0.3 is 15.2 Å². The fourth-order valence-corrected chi connectivity index (χ4v) is 3.86. The molecule has 26 heavy (non-hydrogen) atoms. The van der Waals surface area contributed by atoms with E-state index in [9.17, 15) is 4.79 Å². The number of rotatable bonds is 4. The predicted octanol–water partition coefficient (Wildman–Crippen LogP) is 1.38. The van der Waals surface area contributed by atoms with Gasteiger partial charge in [0, 0.05) is 33.1 Å². The zero-order valence-corrected chi connectivity index (χ0v) is 15.6. The Morgan fingerprint density at radius 2 is 2.27 bits per heavy atom. The molecule has 0 aliphatic carbocycles. The second kappa shape index (κ2) is 7.00. The summed E-state index contributed by atoms with van der Waals surface area (Å²) >= 11 is 1.60. The molecule has 9 heteroatoms. The summed E-state index contributed by atoms with van der Waals surface area (Å²) in [5, 5.41) is 21.4. The molecule has 1 unspecified atom stereocenters. The van der Waals surface area contributed by atoms with Crippen molar-refractivity contribution in [2.75, 3.05) is 13.1 Å². The van der Waals surface area contributed by atoms with Crippen LogP contribution >= 0.6 is 11.3 Å². The summed E-state index contributed by atoms with van der Waals surface area (Å²) in [7, 11) is 1.78. The second-order valence-electron chi connectivity index (χ2n) is 6.34. The van der Waals surface area contributed by atoms with E-state index in [0.717, 1.165) is 48.3 Å². The SMILES string of the molecule is CC(NC(=O)c1cc(-c2cccs2)nn1C)c1nnc2n1CCNCC2. The molecule has 136 valence electrons. The van der Waals surface area contributed by atoms with Gasteiger partial charge in [-0.1, -0.05) is 6.07 Å². The maximum absolute atomic E-state index is 12.8. The molecule has 3 aromatic rings. The average molecular weight is 371 g/mol. The van der Waals surface area contributed by atoms with Gasteiger partial charge in [-0.25, -0.2) is 0 Å². The van der Waals surface area contributed by atoms with Crippen LogP contribution in [-0.2, 0) is 20.0 Å². The van der Waals surface area contributed by atoms with Crippen molar-refractivity contribution in [3.8, 4) is 10.6 Å². The van der Waals surface area contributed by atoms with E-state index in [0.29, 0.717) is 5.69 Å². The summed E-state index contributed by atoms with van der Waals surface area (Å²) in [6.45, 7) is 4.53. The van der Waals surface area contributed by atoms with Crippen molar-refractivity contribution in [1.82, 2.24) is 35.2 Å². The van der Waals surface area contributed by atoms with Gasteiger partial charge in [-0.05, 0) is 24.4 Å². The number of fused-ring (bicyclic) bond motifs is 1. The predicted molar refractivity (Wildman–Crippen MR) is 99.0 cm³/mol. The molecular weight excluding hydrogens is 350 g/mol. The Hall–Kier alpha value is -2.52. The molecule has 1 amide bonds.